The highest BCUT2D eigenvalue weighted by Gasteiger charge is 2.57. The van der Waals surface area contributed by atoms with Crippen molar-refractivity contribution in [3.8, 4) is 39.9 Å². The zero-order valence-corrected chi connectivity index (χ0v) is 69.6. The SMILES string of the molecule is C=CCOC(=O)N1C[C@@H]2CC3(CC3)CN2C(=O)c2cc(OC)c(OCCCCCOc3cc(NC(=O)OCc4ccc(O[C@@H]5O[C@H](C(=O)OC)[C@@H](OC(C)=O)[C@H](OC(C)=O)[C@H]5OC(C)=O)c(NC(=O)CCOCCOCCOCCOCCNC(=O)OCC5c6ccccc6-c6ccccc65)c4)c(C(=O)N4Cc5ccccc5C[C@H]4CO)cc3OC)cc21. The zero-order chi connectivity index (χ0) is 87.1. The van der Waals surface area contributed by atoms with E-state index >= 15 is 4.79 Å². The Balaban J connectivity index is 0.672. The number of hydrogen-bond donors (Lipinski definition) is 4. The van der Waals surface area contributed by atoms with Crippen molar-refractivity contribution >= 4 is 76.9 Å². The summed E-state index contributed by atoms with van der Waals surface area (Å²) in [6.45, 7) is 8.96. The fourth-order valence-electron chi connectivity index (χ4n) is 15.6. The number of anilines is 3. The van der Waals surface area contributed by atoms with Gasteiger partial charge in [-0.15, -0.1) is 0 Å². The number of fused-ring (bicyclic) bond motifs is 6. The second-order valence-corrected chi connectivity index (χ2v) is 30.2. The van der Waals surface area contributed by atoms with Gasteiger partial charge in [0.05, 0.1) is 141 Å². The first-order valence-corrected chi connectivity index (χ1v) is 40.8. The van der Waals surface area contributed by atoms with E-state index in [1.165, 1.54) is 60.4 Å². The number of alkyl carbamates (subject to hydrolysis) is 1. The maximum atomic E-state index is 15.0. The summed E-state index contributed by atoms with van der Waals surface area (Å²) in [6.07, 6.45) is -5.13. The molecule has 4 aliphatic heterocycles. The van der Waals surface area contributed by atoms with Gasteiger partial charge in [-0.25, -0.2) is 19.2 Å². The normalized spacial score (nSPS) is 18.8. The van der Waals surface area contributed by atoms with Crippen LogP contribution >= 0.6 is 0 Å². The summed E-state index contributed by atoms with van der Waals surface area (Å²) in [5.74, 6) is -4.65. The fourth-order valence-corrected chi connectivity index (χ4v) is 15.6. The van der Waals surface area contributed by atoms with E-state index in [-0.39, 0.29) is 175 Å². The minimum atomic E-state index is -1.86. The molecule has 0 bridgehead atoms. The van der Waals surface area contributed by atoms with Crippen LogP contribution in [0.25, 0.3) is 11.1 Å². The Bertz CT molecular complexity index is 4740. The van der Waals surface area contributed by atoms with Crippen molar-refractivity contribution in [1.82, 2.24) is 15.1 Å². The minimum Gasteiger partial charge on any atom is -0.493 e. The molecule has 4 N–H and O–H groups in total. The van der Waals surface area contributed by atoms with Gasteiger partial charge in [0.1, 0.15) is 25.6 Å². The average molecular weight is 1710 g/mol. The molecule has 0 unspecified atom stereocenters. The molecule has 3 fully saturated rings. The lowest BCUT2D eigenvalue weighted by Gasteiger charge is -2.43. The molecule has 2 aliphatic carbocycles. The Kier molecular flexibility index (Phi) is 31.6. The topological polar surface area (TPSA) is 394 Å². The molecule has 4 heterocycles. The molecule has 123 heavy (non-hydrogen) atoms. The number of rotatable bonds is 41. The molecule has 12 rings (SSSR count). The quantitative estimate of drug-likeness (QED) is 0.0120. The van der Waals surface area contributed by atoms with Crippen molar-refractivity contribution in [2.24, 2.45) is 5.41 Å². The van der Waals surface area contributed by atoms with Crippen molar-refractivity contribution in [3.05, 3.63) is 167 Å². The maximum Gasteiger partial charge on any atom is 0.414 e. The highest BCUT2D eigenvalue weighted by Crippen LogP contribution is 2.56. The van der Waals surface area contributed by atoms with Crippen LogP contribution in [0.15, 0.2) is 128 Å². The van der Waals surface area contributed by atoms with Crippen molar-refractivity contribution in [2.75, 3.05) is 142 Å². The number of nitrogens with one attached hydrogen (secondary N) is 3. The van der Waals surface area contributed by atoms with Gasteiger partial charge in [0.15, 0.2) is 41.3 Å². The van der Waals surface area contributed by atoms with E-state index in [1.54, 1.807) is 12.1 Å². The first-order chi connectivity index (χ1) is 59.6. The van der Waals surface area contributed by atoms with Gasteiger partial charge >= 0.3 is 42.2 Å². The maximum absolute atomic E-state index is 15.0. The van der Waals surface area contributed by atoms with Gasteiger partial charge in [0.2, 0.25) is 18.3 Å². The van der Waals surface area contributed by atoms with Gasteiger partial charge < -0.3 is 106 Å². The summed E-state index contributed by atoms with van der Waals surface area (Å²) in [5, 5.41) is 18.9. The first kappa shape index (κ1) is 90.2. The number of benzene rings is 6. The Morgan fingerprint density at radius 2 is 1.23 bits per heavy atom. The van der Waals surface area contributed by atoms with Crippen molar-refractivity contribution in [1.29, 1.82) is 0 Å². The minimum absolute atomic E-state index is 0.0183. The molecule has 34 heteroatoms. The van der Waals surface area contributed by atoms with Crippen molar-refractivity contribution < 1.29 is 134 Å². The third-order valence-electron chi connectivity index (χ3n) is 21.7. The number of aliphatic hydroxyl groups excluding tert-OH is 1. The molecule has 0 radical (unpaired) electrons. The standard InChI is InChI=1S/C89H104N6O28/c1-8-30-116-88(106)94-49-61-47-89(27-28-89)53-95(61)83(102)67-44-74(108-6)76(46-71(67)94)115-32-17-9-16-31-114-75-45-69(66(43-73(75)107-5)82(101)93-48-59-19-11-10-18-58(59)42-60(93)50-96)92-87(105)117-51-57-24-25-72(122-85-81(121-56(4)99)79(120-55(3)98)78(119-54(2)97)80(123-85)84(103)109-7)70(41-57)91-77(100)26-33-110-35-37-112-39-40-113-38-36-111-34-29-90-86(104)118-52-68-64-22-14-12-20-62(64)63-21-13-15-23-65(63)68/h8,10-15,18-25,41,43-46,60-61,68,78-81,85,96H,1,9,16-17,26-40,42,47-53H2,2-7H3,(H,90,104)(H,91,100)(H,92,105)/t60-,61-,78-,79-,80-,81+,85+/m0/s1. The van der Waals surface area contributed by atoms with E-state index in [0.29, 0.717) is 55.0 Å². The lowest BCUT2D eigenvalue weighted by Crippen LogP contribution is -2.64. The molecule has 6 aromatic carbocycles. The molecule has 6 aliphatic rings. The second-order valence-electron chi connectivity index (χ2n) is 30.2. The van der Waals surface area contributed by atoms with E-state index in [4.69, 9.17) is 80.5 Å². The third kappa shape index (κ3) is 23.2. The Labute approximate surface area is 711 Å². The highest BCUT2D eigenvalue weighted by atomic mass is 16.7. The first-order valence-electron chi connectivity index (χ1n) is 40.8. The summed E-state index contributed by atoms with van der Waals surface area (Å²) in [6, 6.07) is 33.1. The summed E-state index contributed by atoms with van der Waals surface area (Å²) in [5.41, 5.74) is 7.08. The number of amides is 6. The lowest BCUT2D eigenvalue weighted by atomic mass is 9.93. The van der Waals surface area contributed by atoms with Crippen LogP contribution in [0.4, 0.5) is 31.4 Å². The van der Waals surface area contributed by atoms with E-state index in [0.717, 1.165) is 80.5 Å². The Morgan fingerprint density at radius 3 is 1.87 bits per heavy atom. The molecule has 2 saturated heterocycles. The zero-order valence-electron chi connectivity index (χ0n) is 69.6. The predicted octanol–water partition coefficient (Wildman–Crippen LogP) is 9.78. The Hall–Kier alpha value is -12.1. The summed E-state index contributed by atoms with van der Waals surface area (Å²) in [4.78, 5) is 140. The number of carbonyl (C=O) groups is 10. The molecule has 6 aromatic rings. The highest BCUT2D eigenvalue weighted by molar-refractivity contribution is 6.06. The van der Waals surface area contributed by atoms with E-state index in [1.807, 2.05) is 53.4 Å². The molecular weight excluding hydrogens is 1600 g/mol. The van der Waals surface area contributed by atoms with Crippen LogP contribution in [-0.4, -0.2) is 244 Å². The van der Waals surface area contributed by atoms with Crippen LogP contribution in [0, 0.1) is 5.41 Å². The molecule has 7 atom stereocenters. The van der Waals surface area contributed by atoms with Gasteiger partial charge in [0.25, 0.3) is 11.8 Å². The number of methoxy groups -OCH3 is 3. The second kappa shape index (κ2) is 43.1. The van der Waals surface area contributed by atoms with Crippen LogP contribution < -0.4 is 44.5 Å². The number of hydrogen-bond acceptors (Lipinski definition) is 28. The van der Waals surface area contributed by atoms with Crippen molar-refractivity contribution in [2.45, 2.75) is 134 Å². The number of unbranched alkanes of at least 4 members (excludes halogenated alkanes) is 2. The molecule has 1 spiro atoms. The molecule has 0 aromatic heterocycles. The summed E-state index contributed by atoms with van der Waals surface area (Å²) >= 11 is 0. The number of esters is 4. The molecule has 658 valence electrons. The average Bonchev–Trinajstić information content (AvgIpc) is 1.56. The number of carbonyl (C=O) groups excluding carboxylic acids is 10. The van der Waals surface area contributed by atoms with Crippen LogP contribution in [0.5, 0.6) is 28.7 Å². The Morgan fingerprint density at radius 1 is 0.610 bits per heavy atom. The van der Waals surface area contributed by atoms with E-state index in [9.17, 15) is 48.3 Å². The van der Waals surface area contributed by atoms with E-state index in [2.05, 4.69) is 46.8 Å². The van der Waals surface area contributed by atoms with Gasteiger partial charge in [-0.05, 0) is 114 Å². The molecular formula is C89H104N6O28. The summed E-state index contributed by atoms with van der Waals surface area (Å²) < 4.78 is 97.7. The smallest absolute Gasteiger partial charge is 0.414 e. The van der Waals surface area contributed by atoms with Crippen molar-refractivity contribution in [3.63, 3.8) is 0 Å². The predicted molar refractivity (Wildman–Crippen MR) is 440 cm³/mol. The third-order valence-corrected chi connectivity index (χ3v) is 21.7. The van der Waals surface area contributed by atoms with Gasteiger partial charge in [-0.3, -0.25) is 39.0 Å². The van der Waals surface area contributed by atoms with Crippen LogP contribution in [0.3, 0.4) is 0 Å². The molecule has 6 amide bonds. The van der Waals surface area contributed by atoms with E-state index < -0.39 is 97.3 Å². The van der Waals surface area contributed by atoms with Gasteiger partial charge in [0, 0.05) is 65.0 Å². The van der Waals surface area contributed by atoms with Gasteiger partial charge in [-0.2, -0.15) is 0 Å². The number of nitrogens with zero attached hydrogens (tertiary/aromatic N) is 3. The largest absolute Gasteiger partial charge is 0.493 e. The number of aliphatic hydroxyl groups is 1. The molecule has 1 saturated carbocycles. The summed E-state index contributed by atoms with van der Waals surface area (Å²) in [7, 11) is 3.90. The van der Waals surface area contributed by atoms with Crippen LogP contribution in [0.2, 0.25) is 0 Å². The lowest BCUT2D eigenvalue weighted by molar-refractivity contribution is -0.282. The van der Waals surface area contributed by atoms with Gasteiger partial charge in [-0.1, -0.05) is 91.5 Å². The number of ether oxygens (including phenoxy) is 17. The monoisotopic (exact) mass is 1700 g/mol. The van der Waals surface area contributed by atoms with Crippen LogP contribution in [0.1, 0.15) is 120 Å². The van der Waals surface area contributed by atoms with Crippen LogP contribution in [-0.2, 0) is 100 Å². The molecule has 34 nitrogen and oxygen atoms in total. The fraction of sp³-hybridized carbons (Fsp3) is 0.461.